The van der Waals surface area contributed by atoms with E-state index >= 15 is 0 Å². The summed E-state index contributed by atoms with van der Waals surface area (Å²) < 4.78 is 6.96. The predicted octanol–water partition coefficient (Wildman–Crippen LogP) is 5.14. The molecule has 0 aliphatic heterocycles. The van der Waals surface area contributed by atoms with Crippen molar-refractivity contribution in [2.75, 3.05) is 0 Å². The van der Waals surface area contributed by atoms with Crippen LogP contribution in [0.2, 0.25) is 0 Å². The van der Waals surface area contributed by atoms with Crippen molar-refractivity contribution in [2.24, 2.45) is 5.73 Å². The molecular formula is C18H20BrNO. The van der Waals surface area contributed by atoms with Crippen LogP contribution in [0.1, 0.15) is 42.5 Å². The standard InChI is InChI=1S/C18H20BrNO/c1-12(20)14-7-9-18(17(19)11-14)21-16-8-6-13-4-2-3-5-15(13)10-16/h6-12H,2-5,20H2,1H3/t12-/m1/s1. The van der Waals surface area contributed by atoms with Crippen LogP contribution in [-0.2, 0) is 12.8 Å². The highest BCUT2D eigenvalue weighted by Crippen LogP contribution is 2.33. The lowest BCUT2D eigenvalue weighted by Crippen LogP contribution is -2.05. The molecule has 0 fully saturated rings. The lowest BCUT2D eigenvalue weighted by molar-refractivity contribution is 0.477. The molecule has 1 aliphatic carbocycles. The maximum absolute atomic E-state index is 6.02. The van der Waals surface area contributed by atoms with Crippen molar-refractivity contribution in [1.29, 1.82) is 0 Å². The fraction of sp³-hybridized carbons (Fsp3) is 0.333. The Morgan fingerprint density at radius 1 is 1.05 bits per heavy atom. The smallest absolute Gasteiger partial charge is 0.141 e. The van der Waals surface area contributed by atoms with Crippen LogP contribution in [0.4, 0.5) is 0 Å². The molecule has 2 nitrogen and oxygen atoms in total. The Morgan fingerprint density at radius 3 is 2.52 bits per heavy atom. The molecule has 1 atom stereocenters. The van der Waals surface area contributed by atoms with Crippen LogP contribution in [0.25, 0.3) is 0 Å². The Balaban J connectivity index is 1.83. The first-order valence-corrected chi connectivity index (χ1v) is 8.27. The molecule has 0 amide bonds. The number of rotatable bonds is 3. The molecule has 0 radical (unpaired) electrons. The Bertz CT molecular complexity index is 652. The minimum absolute atomic E-state index is 0.0269. The third-order valence-corrected chi connectivity index (χ3v) is 4.65. The molecular weight excluding hydrogens is 326 g/mol. The second kappa shape index (κ2) is 6.20. The van der Waals surface area contributed by atoms with Crippen LogP contribution in [0.3, 0.4) is 0 Å². The average Bonchev–Trinajstić information content (AvgIpc) is 2.49. The van der Waals surface area contributed by atoms with Gasteiger partial charge < -0.3 is 10.5 Å². The zero-order valence-corrected chi connectivity index (χ0v) is 13.8. The summed E-state index contributed by atoms with van der Waals surface area (Å²) in [7, 11) is 0. The van der Waals surface area contributed by atoms with Gasteiger partial charge in [0.25, 0.3) is 0 Å². The van der Waals surface area contributed by atoms with E-state index < -0.39 is 0 Å². The highest BCUT2D eigenvalue weighted by molar-refractivity contribution is 9.10. The van der Waals surface area contributed by atoms with Crippen molar-refractivity contribution >= 4 is 15.9 Å². The first kappa shape index (κ1) is 14.6. The number of fused-ring (bicyclic) bond motifs is 1. The molecule has 1 aliphatic rings. The van der Waals surface area contributed by atoms with E-state index in [0.717, 1.165) is 28.0 Å². The van der Waals surface area contributed by atoms with E-state index in [1.807, 2.05) is 25.1 Å². The van der Waals surface area contributed by atoms with Crippen molar-refractivity contribution < 1.29 is 4.74 Å². The molecule has 0 bridgehead atoms. The van der Waals surface area contributed by atoms with Crippen molar-refractivity contribution in [1.82, 2.24) is 0 Å². The number of aryl methyl sites for hydroxylation is 2. The van der Waals surface area contributed by atoms with Crippen LogP contribution in [-0.4, -0.2) is 0 Å². The Kier molecular flexibility index (Phi) is 4.32. The van der Waals surface area contributed by atoms with E-state index in [9.17, 15) is 0 Å². The minimum Gasteiger partial charge on any atom is -0.456 e. The summed E-state index contributed by atoms with van der Waals surface area (Å²) in [6, 6.07) is 12.5. The zero-order valence-electron chi connectivity index (χ0n) is 12.2. The number of ether oxygens (including phenoxy) is 1. The van der Waals surface area contributed by atoms with Gasteiger partial charge in [0.1, 0.15) is 11.5 Å². The molecule has 0 saturated heterocycles. The molecule has 0 saturated carbocycles. The van der Waals surface area contributed by atoms with Crippen LogP contribution in [0.5, 0.6) is 11.5 Å². The third-order valence-electron chi connectivity index (χ3n) is 4.03. The Morgan fingerprint density at radius 2 is 1.81 bits per heavy atom. The van der Waals surface area contributed by atoms with E-state index in [-0.39, 0.29) is 6.04 Å². The van der Waals surface area contributed by atoms with E-state index in [1.54, 1.807) is 0 Å². The van der Waals surface area contributed by atoms with Gasteiger partial charge in [-0.15, -0.1) is 0 Å². The van der Waals surface area contributed by atoms with Crippen molar-refractivity contribution in [3.8, 4) is 11.5 Å². The molecule has 3 rings (SSSR count). The topological polar surface area (TPSA) is 35.2 Å². The third kappa shape index (κ3) is 3.30. The lowest BCUT2D eigenvalue weighted by atomic mass is 9.92. The Hall–Kier alpha value is -1.32. The molecule has 2 aromatic carbocycles. The first-order chi connectivity index (χ1) is 10.1. The molecule has 0 unspecified atom stereocenters. The maximum atomic E-state index is 6.02. The zero-order chi connectivity index (χ0) is 14.8. The van der Waals surface area contributed by atoms with Gasteiger partial charge in [-0.05, 0) is 89.5 Å². The van der Waals surface area contributed by atoms with Crippen LogP contribution in [0, 0.1) is 0 Å². The maximum Gasteiger partial charge on any atom is 0.141 e. The number of hydrogen-bond acceptors (Lipinski definition) is 2. The van der Waals surface area contributed by atoms with Gasteiger partial charge in [-0.1, -0.05) is 12.1 Å². The van der Waals surface area contributed by atoms with Gasteiger partial charge in [0, 0.05) is 6.04 Å². The van der Waals surface area contributed by atoms with E-state index in [1.165, 1.54) is 30.4 Å². The quantitative estimate of drug-likeness (QED) is 0.835. The van der Waals surface area contributed by atoms with Crippen LogP contribution in [0.15, 0.2) is 40.9 Å². The van der Waals surface area contributed by atoms with Gasteiger partial charge in [-0.3, -0.25) is 0 Å². The summed E-state index contributed by atoms with van der Waals surface area (Å²) in [5, 5.41) is 0. The SMILES string of the molecule is C[C@@H](N)c1ccc(Oc2ccc3c(c2)CCCC3)c(Br)c1. The summed E-state index contributed by atoms with van der Waals surface area (Å²) in [6.45, 7) is 1.98. The van der Waals surface area contributed by atoms with Gasteiger partial charge >= 0.3 is 0 Å². The average molecular weight is 346 g/mol. The molecule has 0 spiro atoms. The number of hydrogen-bond donors (Lipinski definition) is 1. The van der Waals surface area contributed by atoms with Gasteiger partial charge in [0.05, 0.1) is 4.47 Å². The predicted molar refractivity (Wildman–Crippen MR) is 89.9 cm³/mol. The molecule has 3 heteroatoms. The highest BCUT2D eigenvalue weighted by atomic mass is 79.9. The normalized spacial score (nSPS) is 15.4. The lowest BCUT2D eigenvalue weighted by Gasteiger charge is -2.17. The van der Waals surface area contributed by atoms with Gasteiger partial charge in [0.15, 0.2) is 0 Å². The summed E-state index contributed by atoms with van der Waals surface area (Å²) in [4.78, 5) is 0. The summed E-state index contributed by atoms with van der Waals surface area (Å²) >= 11 is 3.57. The first-order valence-electron chi connectivity index (χ1n) is 7.48. The Labute approximate surface area is 134 Å². The monoisotopic (exact) mass is 345 g/mol. The van der Waals surface area contributed by atoms with Crippen LogP contribution < -0.4 is 10.5 Å². The van der Waals surface area contributed by atoms with Crippen molar-refractivity contribution in [3.05, 3.63) is 57.6 Å². The summed E-state index contributed by atoms with van der Waals surface area (Å²) in [6.07, 6.45) is 4.94. The molecule has 110 valence electrons. The minimum atomic E-state index is 0.0269. The van der Waals surface area contributed by atoms with Crippen molar-refractivity contribution in [3.63, 3.8) is 0 Å². The fourth-order valence-electron chi connectivity index (χ4n) is 2.78. The van der Waals surface area contributed by atoms with Crippen LogP contribution >= 0.6 is 15.9 Å². The molecule has 0 heterocycles. The number of benzene rings is 2. The van der Waals surface area contributed by atoms with E-state index in [4.69, 9.17) is 10.5 Å². The molecule has 2 N–H and O–H groups in total. The van der Waals surface area contributed by atoms with Gasteiger partial charge in [-0.25, -0.2) is 0 Å². The van der Waals surface area contributed by atoms with E-state index in [0.29, 0.717) is 0 Å². The summed E-state index contributed by atoms with van der Waals surface area (Å²) in [5.74, 6) is 1.74. The van der Waals surface area contributed by atoms with Gasteiger partial charge in [0.2, 0.25) is 0 Å². The second-order valence-electron chi connectivity index (χ2n) is 5.72. The van der Waals surface area contributed by atoms with E-state index in [2.05, 4.69) is 34.1 Å². The number of halogens is 1. The highest BCUT2D eigenvalue weighted by Gasteiger charge is 2.11. The fourth-order valence-corrected chi connectivity index (χ4v) is 3.26. The molecule has 0 aromatic heterocycles. The largest absolute Gasteiger partial charge is 0.456 e. The summed E-state index contributed by atoms with van der Waals surface area (Å²) in [5.41, 5.74) is 9.90. The second-order valence-corrected chi connectivity index (χ2v) is 6.57. The number of nitrogens with two attached hydrogens (primary N) is 1. The van der Waals surface area contributed by atoms with Gasteiger partial charge in [-0.2, -0.15) is 0 Å². The van der Waals surface area contributed by atoms with Crippen molar-refractivity contribution in [2.45, 2.75) is 38.6 Å². The molecule has 21 heavy (non-hydrogen) atoms. The molecule has 2 aromatic rings.